The Morgan fingerprint density at radius 2 is 2.10 bits per heavy atom. The van der Waals surface area contributed by atoms with E-state index in [2.05, 4.69) is 41.0 Å². The number of nitro groups is 1. The van der Waals surface area contributed by atoms with Gasteiger partial charge in [-0.1, -0.05) is 38.1 Å². The number of non-ortho nitro benzene ring substituents is 1. The first-order chi connectivity index (χ1) is 13.8. The minimum atomic E-state index is -0.402. The van der Waals surface area contributed by atoms with Crippen molar-refractivity contribution in [3.63, 3.8) is 0 Å². The van der Waals surface area contributed by atoms with Gasteiger partial charge < -0.3 is 15.4 Å². The smallest absolute Gasteiger partial charge is 0.269 e. The van der Waals surface area contributed by atoms with E-state index in [0.717, 1.165) is 37.4 Å². The highest BCUT2D eigenvalue weighted by Crippen LogP contribution is 2.12. The Hall–Kier alpha value is -2.45. The Bertz CT molecular complexity index is 703. The Labute approximate surface area is 173 Å². The van der Waals surface area contributed by atoms with E-state index in [0.29, 0.717) is 31.5 Å². The highest BCUT2D eigenvalue weighted by atomic mass is 16.6. The van der Waals surface area contributed by atoms with Gasteiger partial charge in [0.05, 0.1) is 24.2 Å². The molecular formula is C21H33N5O3. The van der Waals surface area contributed by atoms with Gasteiger partial charge in [0.25, 0.3) is 5.69 Å². The number of hydrogen-bond acceptors (Lipinski definition) is 5. The van der Waals surface area contributed by atoms with Gasteiger partial charge in [0.2, 0.25) is 0 Å². The Kier molecular flexibility index (Phi) is 9.08. The second-order valence-corrected chi connectivity index (χ2v) is 7.93. The van der Waals surface area contributed by atoms with Crippen molar-refractivity contribution in [2.24, 2.45) is 10.9 Å². The number of aliphatic imine (C=N–C) groups is 1. The van der Waals surface area contributed by atoms with E-state index >= 15 is 0 Å². The number of benzene rings is 1. The first kappa shape index (κ1) is 22.8. The van der Waals surface area contributed by atoms with E-state index in [1.54, 1.807) is 12.1 Å². The van der Waals surface area contributed by atoms with Gasteiger partial charge in [0, 0.05) is 44.9 Å². The molecule has 0 spiro atoms. The molecule has 160 valence electrons. The average molecular weight is 404 g/mol. The third kappa shape index (κ3) is 8.62. The number of nitro benzene ring substituents is 1. The van der Waals surface area contributed by atoms with Crippen LogP contribution in [0, 0.1) is 16.0 Å². The van der Waals surface area contributed by atoms with E-state index in [1.807, 2.05) is 6.92 Å². The largest absolute Gasteiger partial charge is 0.374 e. The number of rotatable bonds is 9. The third-order valence-corrected chi connectivity index (χ3v) is 4.47. The van der Waals surface area contributed by atoms with Gasteiger partial charge in [-0.2, -0.15) is 0 Å². The lowest BCUT2D eigenvalue weighted by molar-refractivity contribution is -0.384. The summed E-state index contributed by atoms with van der Waals surface area (Å²) >= 11 is 0. The second-order valence-electron chi connectivity index (χ2n) is 7.93. The zero-order valence-electron chi connectivity index (χ0n) is 17.7. The molecule has 29 heavy (non-hydrogen) atoms. The molecular weight excluding hydrogens is 370 g/mol. The summed E-state index contributed by atoms with van der Waals surface area (Å²) in [4.78, 5) is 17.4. The normalized spacial score (nSPS) is 17.9. The van der Waals surface area contributed by atoms with Crippen LogP contribution >= 0.6 is 0 Å². The fraction of sp³-hybridized carbons (Fsp3) is 0.571. The summed E-state index contributed by atoms with van der Waals surface area (Å²) in [5.74, 6) is 1.31. The minimum Gasteiger partial charge on any atom is -0.374 e. The van der Waals surface area contributed by atoms with Crippen molar-refractivity contribution in [3.8, 4) is 0 Å². The van der Waals surface area contributed by atoms with E-state index in [1.165, 1.54) is 12.1 Å². The molecule has 1 saturated heterocycles. The first-order valence-electron chi connectivity index (χ1n) is 10.1. The van der Waals surface area contributed by atoms with Crippen LogP contribution in [0.4, 0.5) is 5.69 Å². The minimum absolute atomic E-state index is 0.0804. The zero-order valence-corrected chi connectivity index (χ0v) is 17.7. The Morgan fingerprint density at radius 3 is 2.72 bits per heavy atom. The van der Waals surface area contributed by atoms with E-state index in [4.69, 9.17) is 4.74 Å². The van der Waals surface area contributed by atoms with Crippen molar-refractivity contribution in [2.75, 3.05) is 39.3 Å². The summed E-state index contributed by atoms with van der Waals surface area (Å²) in [6, 6.07) is 6.45. The van der Waals surface area contributed by atoms with Crippen LogP contribution in [-0.2, 0) is 11.3 Å². The van der Waals surface area contributed by atoms with E-state index in [-0.39, 0.29) is 11.8 Å². The predicted octanol–water partition coefficient (Wildman–Crippen LogP) is 2.56. The number of guanidine groups is 1. The molecule has 8 nitrogen and oxygen atoms in total. The van der Waals surface area contributed by atoms with Crippen LogP contribution in [0.25, 0.3) is 0 Å². The van der Waals surface area contributed by atoms with Crippen molar-refractivity contribution in [3.05, 3.63) is 52.1 Å². The maximum atomic E-state index is 10.8. The van der Waals surface area contributed by atoms with Crippen molar-refractivity contribution < 1.29 is 9.66 Å². The molecule has 0 bridgehead atoms. The van der Waals surface area contributed by atoms with Crippen molar-refractivity contribution in [1.29, 1.82) is 0 Å². The van der Waals surface area contributed by atoms with Crippen LogP contribution < -0.4 is 10.6 Å². The zero-order chi connectivity index (χ0) is 21.2. The van der Waals surface area contributed by atoms with Crippen LogP contribution in [0.3, 0.4) is 0 Å². The van der Waals surface area contributed by atoms with Crippen LogP contribution in [0.2, 0.25) is 0 Å². The third-order valence-electron chi connectivity index (χ3n) is 4.47. The SMILES string of the molecule is C=C(C)CNC(=NCc1ccc([N+](=O)[O-])cc1)NCC1CN(CC(C)C)CCO1. The maximum Gasteiger partial charge on any atom is 0.269 e. The highest BCUT2D eigenvalue weighted by Gasteiger charge is 2.21. The molecule has 8 heteroatoms. The lowest BCUT2D eigenvalue weighted by Gasteiger charge is -2.34. The molecule has 0 aliphatic carbocycles. The number of morpholine rings is 1. The van der Waals surface area contributed by atoms with Crippen LogP contribution in [0.5, 0.6) is 0 Å². The number of ether oxygens (including phenoxy) is 1. The summed E-state index contributed by atoms with van der Waals surface area (Å²) in [6.45, 7) is 15.7. The summed E-state index contributed by atoms with van der Waals surface area (Å²) in [7, 11) is 0. The van der Waals surface area contributed by atoms with Gasteiger partial charge in [0.1, 0.15) is 0 Å². The van der Waals surface area contributed by atoms with E-state index < -0.39 is 4.92 Å². The fourth-order valence-electron chi connectivity index (χ4n) is 3.10. The standard InChI is InChI=1S/C21H33N5O3/c1-16(2)11-22-21(23-12-18-5-7-19(8-6-18)26(27)28)24-13-20-15-25(9-10-29-20)14-17(3)4/h5-8,17,20H,1,9-15H2,2-4H3,(H2,22,23,24). The molecule has 2 N–H and O–H groups in total. The molecule has 1 aliphatic rings. The lowest BCUT2D eigenvalue weighted by atomic mass is 10.2. The second kappa shape index (κ2) is 11.5. The summed E-state index contributed by atoms with van der Waals surface area (Å²) in [5.41, 5.74) is 1.99. The number of hydrogen-bond donors (Lipinski definition) is 2. The van der Waals surface area contributed by atoms with Gasteiger partial charge in [-0.3, -0.25) is 15.0 Å². The number of nitrogens with zero attached hydrogens (tertiary/aromatic N) is 3. The van der Waals surface area contributed by atoms with Gasteiger partial charge in [-0.25, -0.2) is 4.99 Å². The summed E-state index contributed by atoms with van der Waals surface area (Å²) in [5, 5.41) is 17.4. The maximum absolute atomic E-state index is 10.8. The first-order valence-corrected chi connectivity index (χ1v) is 10.1. The molecule has 1 aromatic rings. The lowest BCUT2D eigenvalue weighted by Crippen LogP contribution is -2.50. The quantitative estimate of drug-likeness (QED) is 0.216. The molecule has 1 unspecified atom stereocenters. The molecule has 0 amide bonds. The Balaban J connectivity index is 1.93. The summed E-state index contributed by atoms with van der Waals surface area (Å²) in [6.07, 6.45) is 0.110. The predicted molar refractivity (Wildman–Crippen MR) is 116 cm³/mol. The monoisotopic (exact) mass is 403 g/mol. The molecule has 1 aromatic carbocycles. The molecule has 0 aromatic heterocycles. The topological polar surface area (TPSA) is 92.0 Å². The van der Waals surface area contributed by atoms with Gasteiger partial charge >= 0.3 is 0 Å². The van der Waals surface area contributed by atoms with Gasteiger partial charge in [0.15, 0.2) is 5.96 Å². The number of nitrogens with one attached hydrogen (secondary N) is 2. The summed E-state index contributed by atoms with van der Waals surface area (Å²) < 4.78 is 5.90. The van der Waals surface area contributed by atoms with Crippen molar-refractivity contribution >= 4 is 11.6 Å². The fourth-order valence-corrected chi connectivity index (χ4v) is 3.10. The average Bonchev–Trinajstić information content (AvgIpc) is 2.67. The molecule has 0 radical (unpaired) electrons. The van der Waals surface area contributed by atoms with Crippen molar-refractivity contribution in [2.45, 2.75) is 33.4 Å². The molecule has 1 fully saturated rings. The molecule has 1 aliphatic heterocycles. The molecule has 2 rings (SSSR count). The molecule has 1 atom stereocenters. The van der Waals surface area contributed by atoms with E-state index in [9.17, 15) is 10.1 Å². The highest BCUT2D eigenvalue weighted by molar-refractivity contribution is 5.80. The van der Waals surface area contributed by atoms with Crippen LogP contribution in [-0.4, -0.2) is 61.2 Å². The van der Waals surface area contributed by atoms with Crippen LogP contribution in [0.1, 0.15) is 26.3 Å². The van der Waals surface area contributed by atoms with Gasteiger partial charge in [-0.15, -0.1) is 0 Å². The van der Waals surface area contributed by atoms with Crippen molar-refractivity contribution in [1.82, 2.24) is 15.5 Å². The van der Waals surface area contributed by atoms with Gasteiger partial charge in [-0.05, 0) is 18.4 Å². The molecule has 1 heterocycles. The molecule has 0 saturated carbocycles. The van der Waals surface area contributed by atoms with Crippen LogP contribution in [0.15, 0.2) is 41.4 Å². The Morgan fingerprint density at radius 1 is 1.38 bits per heavy atom.